The highest BCUT2D eigenvalue weighted by Gasteiger charge is 2.32. The molecule has 3 rings (SSSR count). The molecular weight excluding hydrogens is 360 g/mol. The van der Waals surface area contributed by atoms with Crippen molar-refractivity contribution in [1.29, 1.82) is 0 Å². The van der Waals surface area contributed by atoms with Crippen LogP contribution in [-0.4, -0.2) is 34.1 Å². The molecule has 0 spiro atoms. The second-order valence-corrected chi connectivity index (χ2v) is 7.45. The fourth-order valence-electron chi connectivity index (χ4n) is 2.70. The number of carbonyl (C=O) groups is 2. The van der Waals surface area contributed by atoms with Crippen molar-refractivity contribution in [2.45, 2.75) is 20.8 Å². The van der Waals surface area contributed by atoms with E-state index < -0.39 is 5.97 Å². The predicted molar refractivity (Wildman–Crippen MR) is 109 cm³/mol. The smallest absolute Gasteiger partial charge is 0.335 e. The quantitative estimate of drug-likeness (QED) is 0.789. The van der Waals surface area contributed by atoms with E-state index in [1.165, 1.54) is 39.9 Å². The number of amidine groups is 1. The normalized spacial score (nSPS) is 17.6. The third kappa shape index (κ3) is 3.80. The molecule has 0 aliphatic carbocycles. The molecule has 27 heavy (non-hydrogen) atoms. The number of aryl methyl sites for hydroxylation is 2. The van der Waals surface area contributed by atoms with Crippen molar-refractivity contribution in [3.8, 4) is 0 Å². The maximum atomic E-state index is 12.7. The van der Waals surface area contributed by atoms with E-state index in [-0.39, 0.29) is 11.5 Å². The Bertz CT molecular complexity index is 1010. The van der Waals surface area contributed by atoms with Gasteiger partial charge in [0, 0.05) is 7.05 Å². The first-order valence-corrected chi connectivity index (χ1v) is 9.26. The number of aliphatic imine (C=N–C) groups is 1. The Kier molecular flexibility index (Phi) is 5.19. The second-order valence-electron chi connectivity index (χ2n) is 6.47. The van der Waals surface area contributed by atoms with Gasteiger partial charge in [0.2, 0.25) is 0 Å². The van der Waals surface area contributed by atoms with Crippen LogP contribution >= 0.6 is 11.8 Å². The number of carboxylic acids is 1. The lowest BCUT2D eigenvalue weighted by Gasteiger charge is -2.08. The first kappa shape index (κ1) is 18.9. The van der Waals surface area contributed by atoms with Crippen molar-refractivity contribution in [3.05, 3.63) is 69.6 Å². The molecule has 1 aliphatic heterocycles. The van der Waals surface area contributed by atoms with Crippen LogP contribution in [0, 0.1) is 13.8 Å². The van der Waals surface area contributed by atoms with Gasteiger partial charge in [0.25, 0.3) is 5.91 Å². The molecule has 138 valence electrons. The maximum Gasteiger partial charge on any atom is 0.335 e. The lowest BCUT2D eigenvalue weighted by atomic mass is 10.0. The number of carboxylic acid groups (broad SMARTS) is 1. The van der Waals surface area contributed by atoms with Gasteiger partial charge in [-0.3, -0.25) is 9.69 Å². The van der Waals surface area contributed by atoms with Crippen LogP contribution in [-0.2, 0) is 4.79 Å². The molecule has 5 nitrogen and oxygen atoms in total. The molecule has 0 aromatic heterocycles. The highest BCUT2D eigenvalue weighted by Crippen LogP contribution is 2.37. The van der Waals surface area contributed by atoms with Crippen molar-refractivity contribution in [2.24, 2.45) is 4.99 Å². The average Bonchev–Trinajstić information content (AvgIpc) is 2.92. The van der Waals surface area contributed by atoms with Crippen LogP contribution in [0.25, 0.3) is 5.57 Å². The predicted octanol–water partition coefficient (Wildman–Crippen LogP) is 4.63. The van der Waals surface area contributed by atoms with E-state index in [2.05, 4.69) is 31.0 Å². The average molecular weight is 380 g/mol. The van der Waals surface area contributed by atoms with Gasteiger partial charge in [-0.15, -0.1) is 0 Å². The van der Waals surface area contributed by atoms with Crippen LogP contribution in [0.4, 0.5) is 5.69 Å². The standard InChI is InChI=1S/C21H20N2O3S/c1-12-8-9-15(10-13(12)2)14(3)18-19(24)23(4)21(27-18)22-17-7-5-6-16(11-17)20(25)26/h5-11H,1-4H3,(H,25,26)/b18-14-,22-21?. The fraction of sp³-hybridized carbons (Fsp3) is 0.190. The van der Waals surface area contributed by atoms with Gasteiger partial charge in [-0.05, 0) is 73.0 Å². The summed E-state index contributed by atoms with van der Waals surface area (Å²) in [6.45, 7) is 6.04. The summed E-state index contributed by atoms with van der Waals surface area (Å²) in [6.07, 6.45) is 0. The van der Waals surface area contributed by atoms with Gasteiger partial charge in [-0.1, -0.05) is 24.3 Å². The van der Waals surface area contributed by atoms with Crippen LogP contribution in [0.1, 0.15) is 34.0 Å². The van der Waals surface area contributed by atoms with Crippen molar-refractivity contribution < 1.29 is 14.7 Å². The number of likely N-dealkylation sites (N-methyl/N-ethyl adjacent to an activating group) is 1. The fourth-order valence-corrected chi connectivity index (χ4v) is 3.75. The monoisotopic (exact) mass is 380 g/mol. The number of hydrogen-bond acceptors (Lipinski definition) is 4. The summed E-state index contributed by atoms with van der Waals surface area (Å²) < 4.78 is 0. The molecule has 0 bridgehead atoms. The summed E-state index contributed by atoms with van der Waals surface area (Å²) in [4.78, 5) is 30.5. The first-order valence-electron chi connectivity index (χ1n) is 8.44. The van der Waals surface area contributed by atoms with E-state index in [9.17, 15) is 9.59 Å². The molecule has 2 aromatic carbocycles. The zero-order valence-corrected chi connectivity index (χ0v) is 16.4. The Morgan fingerprint density at radius 3 is 2.48 bits per heavy atom. The van der Waals surface area contributed by atoms with Crippen molar-refractivity contribution in [3.63, 3.8) is 0 Å². The molecule has 1 aliphatic rings. The van der Waals surface area contributed by atoms with Crippen molar-refractivity contribution >= 4 is 40.1 Å². The SMILES string of the molecule is C/C(=C1/SC(=Nc2cccc(C(=O)O)c2)N(C)C1=O)c1ccc(C)c(C)c1. The van der Waals surface area contributed by atoms with Gasteiger partial charge in [0.05, 0.1) is 16.2 Å². The molecule has 1 fully saturated rings. The number of benzene rings is 2. The molecule has 0 unspecified atom stereocenters. The second kappa shape index (κ2) is 7.40. The highest BCUT2D eigenvalue weighted by molar-refractivity contribution is 8.18. The molecule has 0 atom stereocenters. The summed E-state index contributed by atoms with van der Waals surface area (Å²) in [6, 6.07) is 12.5. The van der Waals surface area contributed by atoms with Crippen LogP contribution < -0.4 is 0 Å². The Morgan fingerprint density at radius 1 is 1.07 bits per heavy atom. The van der Waals surface area contributed by atoms with E-state index >= 15 is 0 Å². The van der Waals surface area contributed by atoms with E-state index in [4.69, 9.17) is 5.11 Å². The molecular formula is C21H20N2O3S. The zero-order valence-electron chi connectivity index (χ0n) is 15.6. The number of aromatic carboxylic acids is 1. The number of thioether (sulfide) groups is 1. The van der Waals surface area contributed by atoms with Crippen LogP contribution in [0.3, 0.4) is 0 Å². The number of amides is 1. The molecule has 0 saturated carbocycles. The number of carbonyl (C=O) groups excluding carboxylic acids is 1. The lowest BCUT2D eigenvalue weighted by Crippen LogP contribution is -2.23. The van der Waals surface area contributed by atoms with Gasteiger partial charge >= 0.3 is 5.97 Å². The molecule has 2 aromatic rings. The Balaban J connectivity index is 1.98. The molecule has 1 N–H and O–H groups in total. The Labute approximate surface area is 162 Å². The Hall–Kier alpha value is -2.86. The molecule has 1 saturated heterocycles. The van der Waals surface area contributed by atoms with Crippen molar-refractivity contribution in [2.75, 3.05) is 7.05 Å². The van der Waals surface area contributed by atoms with Gasteiger partial charge in [-0.2, -0.15) is 0 Å². The van der Waals surface area contributed by atoms with E-state index in [1.54, 1.807) is 19.2 Å². The summed E-state index contributed by atoms with van der Waals surface area (Å²) in [5.74, 6) is -1.12. The third-order valence-corrected chi connectivity index (χ3v) is 5.81. The highest BCUT2D eigenvalue weighted by atomic mass is 32.2. The third-order valence-electron chi connectivity index (χ3n) is 4.58. The maximum absolute atomic E-state index is 12.7. The van der Waals surface area contributed by atoms with Gasteiger partial charge < -0.3 is 5.11 Å². The topological polar surface area (TPSA) is 70.0 Å². The summed E-state index contributed by atoms with van der Waals surface area (Å²) in [5, 5.41) is 9.65. The van der Waals surface area contributed by atoms with E-state index in [0.717, 1.165) is 11.1 Å². The van der Waals surface area contributed by atoms with Crippen LogP contribution in [0.15, 0.2) is 52.4 Å². The number of hydrogen-bond donors (Lipinski definition) is 1. The van der Waals surface area contributed by atoms with Crippen LogP contribution in [0.5, 0.6) is 0 Å². The van der Waals surface area contributed by atoms with Gasteiger partial charge in [-0.25, -0.2) is 9.79 Å². The number of allylic oxidation sites excluding steroid dienone is 1. The summed E-state index contributed by atoms with van der Waals surface area (Å²) in [5.41, 5.74) is 4.97. The minimum Gasteiger partial charge on any atom is -0.478 e. The van der Waals surface area contributed by atoms with Gasteiger partial charge in [0.1, 0.15) is 0 Å². The van der Waals surface area contributed by atoms with E-state index in [0.29, 0.717) is 15.8 Å². The van der Waals surface area contributed by atoms with Crippen LogP contribution in [0.2, 0.25) is 0 Å². The first-order chi connectivity index (χ1) is 12.8. The minimum absolute atomic E-state index is 0.108. The largest absolute Gasteiger partial charge is 0.478 e. The molecule has 6 heteroatoms. The lowest BCUT2D eigenvalue weighted by molar-refractivity contribution is -0.121. The summed E-state index contributed by atoms with van der Waals surface area (Å²) in [7, 11) is 1.68. The molecule has 1 heterocycles. The van der Waals surface area contributed by atoms with Crippen molar-refractivity contribution in [1.82, 2.24) is 4.90 Å². The molecule has 1 amide bonds. The minimum atomic E-state index is -1.01. The van der Waals surface area contributed by atoms with E-state index in [1.807, 2.05) is 13.0 Å². The van der Waals surface area contributed by atoms with Gasteiger partial charge in [0.15, 0.2) is 5.17 Å². The Morgan fingerprint density at radius 2 is 1.81 bits per heavy atom. The molecule has 0 radical (unpaired) electrons. The number of nitrogens with zero attached hydrogens (tertiary/aromatic N) is 2. The summed E-state index contributed by atoms with van der Waals surface area (Å²) >= 11 is 1.31. The zero-order chi connectivity index (χ0) is 19.7. The number of rotatable bonds is 3.